The lowest BCUT2D eigenvalue weighted by Gasteiger charge is -2.12. The number of hydrogen-bond acceptors (Lipinski definition) is 5. The molecule has 0 fully saturated rings. The van der Waals surface area contributed by atoms with Crippen LogP contribution in [0.2, 0.25) is 0 Å². The average Bonchev–Trinajstić information content (AvgIpc) is 2.61. The van der Waals surface area contributed by atoms with Gasteiger partial charge in [0.1, 0.15) is 19.0 Å². The summed E-state index contributed by atoms with van der Waals surface area (Å²) in [7, 11) is 0. The maximum atomic E-state index is 12.3. The van der Waals surface area contributed by atoms with E-state index < -0.39 is 5.97 Å². The Balaban J connectivity index is 1.66. The highest BCUT2D eigenvalue weighted by Crippen LogP contribution is 2.22. The molecule has 0 aliphatic carbocycles. The summed E-state index contributed by atoms with van der Waals surface area (Å²) in [6.45, 7) is 4.25. The molecular weight excluding hydrogens is 320 g/mol. The summed E-state index contributed by atoms with van der Waals surface area (Å²) < 4.78 is 10.9. The molecule has 1 N–H and O–H groups in total. The van der Waals surface area contributed by atoms with E-state index in [4.69, 9.17) is 9.47 Å². The molecule has 0 aliphatic rings. The van der Waals surface area contributed by atoms with Crippen LogP contribution in [0.1, 0.15) is 21.6 Å². The number of benzene rings is 2. The summed E-state index contributed by atoms with van der Waals surface area (Å²) >= 11 is 0. The summed E-state index contributed by atoms with van der Waals surface area (Å²) in [4.78, 5) is 24.0. The Hall–Kier alpha value is -3.15. The minimum Gasteiger partial charge on any atom is -0.489 e. The van der Waals surface area contributed by atoms with Gasteiger partial charge in [0, 0.05) is 5.39 Å². The second kappa shape index (κ2) is 7.17. The average molecular weight is 338 g/mol. The third kappa shape index (κ3) is 3.52. The molecule has 0 saturated heterocycles. The molecule has 0 atom stereocenters. The number of carbonyl (C=O) groups is 1. The lowest BCUT2D eigenvalue weighted by molar-refractivity contribution is 0.0444. The van der Waals surface area contributed by atoms with Crippen LogP contribution in [0.4, 0.5) is 0 Å². The second-order valence-corrected chi connectivity index (χ2v) is 5.65. The maximum absolute atomic E-state index is 12.3. The van der Waals surface area contributed by atoms with Crippen molar-refractivity contribution in [2.45, 2.75) is 13.8 Å². The summed E-state index contributed by atoms with van der Waals surface area (Å²) in [5.41, 5.74) is 1.80. The molecule has 1 aromatic heterocycles. The van der Waals surface area contributed by atoms with Crippen LogP contribution in [-0.4, -0.2) is 29.4 Å². The van der Waals surface area contributed by atoms with E-state index in [1.165, 1.54) is 0 Å². The number of nitrogens with one attached hydrogen (secondary N) is 1. The van der Waals surface area contributed by atoms with Crippen LogP contribution >= 0.6 is 0 Å². The fraction of sp³-hybridized carbons (Fsp3) is 0.211. The monoisotopic (exact) mass is 338 g/mol. The number of rotatable bonds is 5. The van der Waals surface area contributed by atoms with Crippen molar-refractivity contribution in [3.8, 4) is 5.75 Å². The van der Waals surface area contributed by atoms with Gasteiger partial charge in [0.2, 0.25) is 0 Å². The van der Waals surface area contributed by atoms with Gasteiger partial charge in [-0.15, -0.1) is 0 Å². The number of aromatic nitrogens is 2. The van der Waals surface area contributed by atoms with Crippen LogP contribution in [0.3, 0.4) is 0 Å². The Kier molecular flexibility index (Phi) is 4.79. The maximum Gasteiger partial charge on any atom is 0.359 e. The Morgan fingerprint density at radius 1 is 1.00 bits per heavy atom. The predicted octanol–water partition coefficient (Wildman–Crippen LogP) is 2.78. The third-order valence-electron chi connectivity index (χ3n) is 3.86. The largest absolute Gasteiger partial charge is 0.489 e. The van der Waals surface area contributed by atoms with Gasteiger partial charge in [-0.2, -0.15) is 5.10 Å². The first-order chi connectivity index (χ1) is 12.1. The lowest BCUT2D eigenvalue weighted by Crippen LogP contribution is -2.18. The summed E-state index contributed by atoms with van der Waals surface area (Å²) in [5, 5.41) is 7.00. The molecule has 6 heteroatoms. The van der Waals surface area contributed by atoms with Gasteiger partial charge in [0.05, 0.1) is 5.39 Å². The third-order valence-corrected chi connectivity index (χ3v) is 3.86. The van der Waals surface area contributed by atoms with Gasteiger partial charge < -0.3 is 9.47 Å². The molecule has 0 aliphatic heterocycles. The second-order valence-electron chi connectivity index (χ2n) is 5.65. The van der Waals surface area contributed by atoms with Crippen LogP contribution in [0, 0.1) is 13.8 Å². The minimum atomic E-state index is -0.599. The van der Waals surface area contributed by atoms with Crippen LogP contribution in [-0.2, 0) is 4.74 Å². The van der Waals surface area contributed by atoms with Crippen molar-refractivity contribution in [3.63, 3.8) is 0 Å². The zero-order valence-corrected chi connectivity index (χ0v) is 14.0. The van der Waals surface area contributed by atoms with Crippen LogP contribution in [0.5, 0.6) is 5.75 Å². The molecule has 1 heterocycles. The highest BCUT2D eigenvalue weighted by atomic mass is 16.6. The fourth-order valence-electron chi connectivity index (χ4n) is 2.64. The van der Waals surface area contributed by atoms with E-state index in [9.17, 15) is 9.59 Å². The van der Waals surface area contributed by atoms with Crippen molar-refractivity contribution in [3.05, 3.63) is 69.6 Å². The number of hydrogen-bond donors (Lipinski definition) is 1. The Labute approximate surface area is 144 Å². The number of esters is 1. The molecule has 25 heavy (non-hydrogen) atoms. The first-order valence-electron chi connectivity index (χ1n) is 7.91. The normalized spacial score (nSPS) is 10.6. The molecule has 3 rings (SSSR count). The molecule has 0 spiro atoms. The van der Waals surface area contributed by atoms with E-state index in [-0.39, 0.29) is 24.5 Å². The van der Waals surface area contributed by atoms with E-state index in [0.29, 0.717) is 10.8 Å². The van der Waals surface area contributed by atoms with Gasteiger partial charge in [0.15, 0.2) is 5.69 Å². The molecule has 0 saturated carbocycles. The number of nitrogens with zero attached hydrogens (tertiary/aromatic N) is 1. The minimum absolute atomic E-state index is 0.0851. The van der Waals surface area contributed by atoms with Gasteiger partial charge in [-0.1, -0.05) is 36.4 Å². The topological polar surface area (TPSA) is 81.3 Å². The molecule has 0 radical (unpaired) electrons. The van der Waals surface area contributed by atoms with E-state index in [1.54, 1.807) is 24.3 Å². The molecule has 0 amide bonds. The van der Waals surface area contributed by atoms with Gasteiger partial charge in [-0.3, -0.25) is 4.79 Å². The molecule has 0 unspecified atom stereocenters. The number of H-pyrrole nitrogens is 1. The summed E-state index contributed by atoms with van der Waals surface area (Å²) in [5.74, 6) is 0.198. The van der Waals surface area contributed by atoms with Gasteiger partial charge in [-0.25, -0.2) is 9.89 Å². The lowest BCUT2D eigenvalue weighted by atomic mass is 10.1. The molecule has 2 aromatic carbocycles. The van der Waals surface area contributed by atoms with Crippen LogP contribution < -0.4 is 10.3 Å². The van der Waals surface area contributed by atoms with Gasteiger partial charge in [-0.05, 0) is 31.0 Å². The van der Waals surface area contributed by atoms with E-state index in [0.717, 1.165) is 16.9 Å². The van der Waals surface area contributed by atoms with Crippen molar-refractivity contribution in [2.75, 3.05) is 13.2 Å². The number of para-hydroxylation sites is 1. The summed E-state index contributed by atoms with van der Waals surface area (Å²) in [6, 6.07) is 12.7. The molecule has 3 aromatic rings. The molecule has 6 nitrogen and oxygen atoms in total. The number of aromatic amines is 1. The van der Waals surface area contributed by atoms with Gasteiger partial charge >= 0.3 is 5.97 Å². The first kappa shape index (κ1) is 16.7. The quantitative estimate of drug-likeness (QED) is 0.571. The standard InChI is InChI=1S/C19H18N2O4/c1-12-6-5-7-13(2)17(12)24-10-11-25-19(23)16-14-8-3-4-9-15(14)18(22)21-20-16/h3-9H,10-11H2,1-2H3,(H,21,22). The number of ether oxygens (including phenoxy) is 2. The Morgan fingerprint density at radius 3 is 2.40 bits per heavy atom. The fourth-order valence-corrected chi connectivity index (χ4v) is 2.64. The number of fused-ring (bicyclic) bond motifs is 1. The van der Waals surface area contributed by atoms with Crippen molar-refractivity contribution in [1.29, 1.82) is 0 Å². The number of aryl methyl sites for hydroxylation is 2. The zero-order valence-electron chi connectivity index (χ0n) is 14.0. The highest BCUT2D eigenvalue weighted by Gasteiger charge is 2.15. The van der Waals surface area contributed by atoms with Crippen molar-refractivity contribution in [1.82, 2.24) is 10.2 Å². The first-order valence-corrected chi connectivity index (χ1v) is 7.91. The number of carbonyl (C=O) groups excluding carboxylic acids is 1. The van der Waals surface area contributed by atoms with Crippen molar-refractivity contribution < 1.29 is 14.3 Å². The summed E-state index contributed by atoms with van der Waals surface area (Å²) in [6.07, 6.45) is 0. The van der Waals surface area contributed by atoms with Crippen molar-refractivity contribution in [2.24, 2.45) is 0 Å². The SMILES string of the molecule is Cc1cccc(C)c1OCCOC(=O)c1n[nH]c(=O)c2ccccc12. The molecule has 0 bridgehead atoms. The van der Waals surface area contributed by atoms with Crippen LogP contribution in [0.15, 0.2) is 47.3 Å². The van der Waals surface area contributed by atoms with Crippen molar-refractivity contribution >= 4 is 16.7 Å². The zero-order chi connectivity index (χ0) is 17.8. The smallest absolute Gasteiger partial charge is 0.359 e. The Morgan fingerprint density at radius 2 is 1.68 bits per heavy atom. The van der Waals surface area contributed by atoms with E-state index in [1.807, 2.05) is 32.0 Å². The van der Waals surface area contributed by atoms with E-state index in [2.05, 4.69) is 10.2 Å². The Bertz CT molecular complexity index is 958. The van der Waals surface area contributed by atoms with E-state index >= 15 is 0 Å². The predicted molar refractivity (Wildman–Crippen MR) is 94.1 cm³/mol. The van der Waals surface area contributed by atoms with Gasteiger partial charge in [0.25, 0.3) is 5.56 Å². The highest BCUT2D eigenvalue weighted by molar-refractivity contribution is 6.01. The molecular formula is C19H18N2O4. The van der Waals surface area contributed by atoms with Crippen LogP contribution in [0.25, 0.3) is 10.8 Å². The molecule has 128 valence electrons.